The summed E-state index contributed by atoms with van der Waals surface area (Å²) < 4.78 is 12.7. The maximum atomic E-state index is 12.7. The van der Waals surface area contributed by atoms with Crippen LogP contribution in [0.25, 0.3) is 0 Å². The van der Waals surface area contributed by atoms with Crippen molar-refractivity contribution in [2.45, 2.75) is 13.3 Å². The van der Waals surface area contributed by atoms with E-state index in [-0.39, 0.29) is 5.56 Å². The summed E-state index contributed by atoms with van der Waals surface area (Å²) in [7, 11) is 0. The fraction of sp³-hybridized carbons (Fsp3) is 0.200. The van der Waals surface area contributed by atoms with Gasteiger partial charge in [0.25, 0.3) is 0 Å². The van der Waals surface area contributed by atoms with E-state index in [1.54, 1.807) is 6.92 Å². The molecule has 0 saturated heterocycles. The molecule has 0 bridgehead atoms. The molecule has 0 radical (unpaired) electrons. The predicted octanol–water partition coefficient (Wildman–Crippen LogP) is 1.79. The molecular formula is C10H9FO3. The first-order valence-corrected chi connectivity index (χ1v) is 4.02. The van der Waals surface area contributed by atoms with Crippen molar-refractivity contribution in [3.05, 3.63) is 35.1 Å². The zero-order valence-electron chi connectivity index (χ0n) is 7.58. The molecule has 0 spiro atoms. The quantitative estimate of drug-likeness (QED) is 0.592. The van der Waals surface area contributed by atoms with Gasteiger partial charge in [-0.2, -0.15) is 0 Å². The summed E-state index contributed by atoms with van der Waals surface area (Å²) in [5, 5.41) is 8.39. The van der Waals surface area contributed by atoms with Crippen LogP contribution in [0.2, 0.25) is 0 Å². The number of rotatable bonds is 3. The van der Waals surface area contributed by atoms with Crippen LogP contribution in [0, 0.1) is 12.7 Å². The summed E-state index contributed by atoms with van der Waals surface area (Å²) in [5.74, 6) is -2.32. The van der Waals surface area contributed by atoms with E-state index in [2.05, 4.69) is 0 Å². The molecule has 0 amide bonds. The Balaban J connectivity index is 3.00. The van der Waals surface area contributed by atoms with Crippen LogP contribution in [0.15, 0.2) is 18.2 Å². The topological polar surface area (TPSA) is 54.4 Å². The second kappa shape index (κ2) is 4.00. The Morgan fingerprint density at radius 1 is 1.43 bits per heavy atom. The number of hydrogen-bond acceptors (Lipinski definition) is 2. The van der Waals surface area contributed by atoms with Crippen LogP contribution in [0.3, 0.4) is 0 Å². The predicted molar refractivity (Wildman–Crippen MR) is 47.7 cm³/mol. The van der Waals surface area contributed by atoms with E-state index in [0.717, 1.165) is 6.07 Å². The molecule has 0 saturated carbocycles. The summed E-state index contributed by atoms with van der Waals surface area (Å²) in [4.78, 5) is 21.5. The SMILES string of the molecule is Cc1ccc(F)cc1C(=O)CC(=O)O. The number of carbonyl (C=O) groups is 2. The van der Waals surface area contributed by atoms with Gasteiger partial charge in [-0.15, -0.1) is 0 Å². The molecular weight excluding hydrogens is 187 g/mol. The minimum atomic E-state index is -1.21. The highest BCUT2D eigenvalue weighted by Gasteiger charge is 2.13. The Labute approximate surface area is 80.2 Å². The molecule has 0 aliphatic rings. The number of carbonyl (C=O) groups excluding carboxylic acids is 1. The van der Waals surface area contributed by atoms with Gasteiger partial charge in [-0.05, 0) is 24.6 Å². The van der Waals surface area contributed by atoms with E-state index in [9.17, 15) is 14.0 Å². The Kier molecular flexibility index (Phi) is 2.96. The summed E-state index contributed by atoms with van der Waals surface area (Å²) in [6, 6.07) is 3.73. The van der Waals surface area contributed by atoms with E-state index in [1.165, 1.54) is 12.1 Å². The number of benzene rings is 1. The maximum absolute atomic E-state index is 12.7. The Morgan fingerprint density at radius 2 is 2.07 bits per heavy atom. The number of Topliss-reactive ketones (excluding diaryl/α,β-unsaturated/α-hetero) is 1. The van der Waals surface area contributed by atoms with Crippen LogP contribution < -0.4 is 0 Å². The molecule has 3 nitrogen and oxygen atoms in total. The van der Waals surface area contributed by atoms with Crippen LogP contribution in [0.4, 0.5) is 4.39 Å². The normalized spacial score (nSPS) is 9.86. The lowest BCUT2D eigenvalue weighted by molar-refractivity contribution is -0.135. The lowest BCUT2D eigenvalue weighted by Gasteiger charge is -2.02. The zero-order chi connectivity index (χ0) is 10.7. The second-order valence-electron chi connectivity index (χ2n) is 2.95. The molecule has 1 N–H and O–H groups in total. The highest BCUT2D eigenvalue weighted by Crippen LogP contribution is 2.12. The summed E-state index contributed by atoms with van der Waals surface area (Å²) >= 11 is 0. The van der Waals surface area contributed by atoms with Crippen LogP contribution in [0.5, 0.6) is 0 Å². The Bertz CT molecular complexity index is 385. The van der Waals surface area contributed by atoms with Crippen molar-refractivity contribution in [2.24, 2.45) is 0 Å². The van der Waals surface area contributed by atoms with Gasteiger partial charge in [0.2, 0.25) is 0 Å². The fourth-order valence-electron chi connectivity index (χ4n) is 1.13. The molecule has 74 valence electrons. The number of carboxylic acid groups (broad SMARTS) is 1. The standard InChI is InChI=1S/C10H9FO3/c1-6-2-3-7(11)4-8(6)9(12)5-10(13)14/h2-4H,5H2,1H3,(H,13,14). The Hall–Kier alpha value is -1.71. The van der Waals surface area contributed by atoms with Crippen molar-refractivity contribution in [3.8, 4) is 0 Å². The molecule has 4 heteroatoms. The van der Waals surface area contributed by atoms with Crippen LogP contribution >= 0.6 is 0 Å². The zero-order valence-corrected chi connectivity index (χ0v) is 7.58. The van der Waals surface area contributed by atoms with Gasteiger partial charge in [0.05, 0.1) is 0 Å². The first kappa shape index (κ1) is 10.4. The molecule has 0 aliphatic carbocycles. The molecule has 0 aromatic heterocycles. The lowest BCUT2D eigenvalue weighted by atomic mass is 10.0. The molecule has 14 heavy (non-hydrogen) atoms. The van der Waals surface area contributed by atoms with Crippen molar-refractivity contribution in [3.63, 3.8) is 0 Å². The average Bonchev–Trinajstić information content (AvgIpc) is 2.08. The van der Waals surface area contributed by atoms with E-state index in [1.807, 2.05) is 0 Å². The molecule has 1 aromatic rings. The minimum absolute atomic E-state index is 0.132. The number of halogens is 1. The monoisotopic (exact) mass is 196 g/mol. The highest BCUT2D eigenvalue weighted by molar-refractivity contribution is 6.06. The van der Waals surface area contributed by atoms with Gasteiger partial charge < -0.3 is 5.11 Å². The smallest absolute Gasteiger partial charge is 0.311 e. The van der Waals surface area contributed by atoms with Crippen molar-refractivity contribution in [1.29, 1.82) is 0 Å². The van der Waals surface area contributed by atoms with Crippen LogP contribution in [-0.2, 0) is 4.79 Å². The Morgan fingerprint density at radius 3 is 2.64 bits per heavy atom. The van der Waals surface area contributed by atoms with Crippen LogP contribution in [0.1, 0.15) is 22.3 Å². The molecule has 0 aliphatic heterocycles. The van der Waals surface area contributed by atoms with E-state index >= 15 is 0 Å². The van der Waals surface area contributed by atoms with Crippen molar-refractivity contribution >= 4 is 11.8 Å². The van der Waals surface area contributed by atoms with Crippen LogP contribution in [-0.4, -0.2) is 16.9 Å². The molecule has 1 rings (SSSR count). The fourth-order valence-corrected chi connectivity index (χ4v) is 1.13. The van der Waals surface area contributed by atoms with Gasteiger partial charge in [0.1, 0.15) is 12.2 Å². The highest BCUT2D eigenvalue weighted by atomic mass is 19.1. The third-order valence-electron chi connectivity index (χ3n) is 1.81. The summed E-state index contributed by atoms with van der Waals surface area (Å²) in [5.41, 5.74) is 0.713. The minimum Gasteiger partial charge on any atom is -0.481 e. The largest absolute Gasteiger partial charge is 0.481 e. The summed E-state index contributed by atoms with van der Waals surface area (Å²) in [6.45, 7) is 1.63. The number of aryl methyl sites for hydroxylation is 1. The first-order valence-electron chi connectivity index (χ1n) is 4.02. The van der Waals surface area contributed by atoms with Gasteiger partial charge in [-0.25, -0.2) is 4.39 Å². The van der Waals surface area contributed by atoms with E-state index in [0.29, 0.717) is 5.56 Å². The number of hydrogen-bond donors (Lipinski definition) is 1. The molecule has 1 aromatic carbocycles. The van der Waals surface area contributed by atoms with Gasteiger partial charge in [-0.3, -0.25) is 9.59 Å². The van der Waals surface area contributed by atoms with Crippen molar-refractivity contribution in [2.75, 3.05) is 0 Å². The molecule has 0 fully saturated rings. The average molecular weight is 196 g/mol. The van der Waals surface area contributed by atoms with Gasteiger partial charge >= 0.3 is 5.97 Å². The molecule has 0 unspecified atom stereocenters. The van der Waals surface area contributed by atoms with E-state index < -0.39 is 24.0 Å². The van der Waals surface area contributed by atoms with Gasteiger partial charge in [-0.1, -0.05) is 6.07 Å². The van der Waals surface area contributed by atoms with E-state index in [4.69, 9.17) is 5.11 Å². The maximum Gasteiger partial charge on any atom is 0.311 e. The lowest BCUT2D eigenvalue weighted by Crippen LogP contribution is -2.08. The van der Waals surface area contributed by atoms with Crippen molar-refractivity contribution < 1.29 is 19.1 Å². The molecule has 0 heterocycles. The summed E-state index contributed by atoms with van der Waals surface area (Å²) in [6.07, 6.45) is -0.607. The third kappa shape index (κ3) is 2.39. The molecule has 0 atom stereocenters. The van der Waals surface area contributed by atoms with Gasteiger partial charge in [0, 0.05) is 5.56 Å². The second-order valence-corrected chi connectivity index (χ2v) is 2.95. The number of aliphatic carboxylic acids is 1. The number of ketones is 1. The first-order chi connectivity index (χ1) is 6.50. The van der Waals surface area contributed by atoms with Gasteiger partial charge in [0.15, 0.2) is 5.78 Å². The number of carboxylic acids is 1. The van der Waals surface area contributed by atoms with Crippen molar-refractivity contribution in [1.82, 2.24) is 0 Å². The third-order valence-corrected chi connectivity index (χ3v) is 1.81.